The highest BCUT2D eigenvalue weighted by atomic mass is 15.1. The van der Waals surface area contributed by atoms with E-state index in [0.29, 0.717) is 12.1 Å². The van der Waals surface area contributed by atoms with Crippen molar-refractivity contribution in [3.05, 3.63) is 78.9 Å². The van der Waals surface area contributed by atoms with Gasteiger partial charge < -0.3 is 15.5 Å². The molecule has 2 unspecified atom stereocenters. The predicted octanol–water partition coefficient (Wildman–Crippen LogP) is 10.7. The molecule has 0 fully saturated rings. The van der Waals surface area contributed by atoms with Gasteiger partial charge >= 0.3 is 0 Å². The van der Waals surface area contributed by atoms with Gasteiger partial charge in [-0.15, -0.1) is 0 Å². The first-order chi connectivity index (χ1) is 18.1. The van der Waals surface area contributed by atoms with Crippen molar-refractivity contribution in [3.8, 4) is 0 Å². The maximum Gasteiger partial charge on any atom is 0.0463 e. The van der Waals surface area contributed by atoms with Crippen LogP contribution in [0.15, 0.2) is 78.9 Å². The number of anilines is 5. The highest BCUT2D eigenvalue weighted by Crippen LogP contribution is 2.35. The second kappa shape index (κ2) is 16.0. The summed E-state index contributed by atoms with van der Waals surface area (Å²) in [5.41, 5.74) is 5.87. The normalized spacial score (nSPS) is 12.6. The van der Waals surface area contributed by atoms with Gasteiger partial charge in [0.1, 0.15) is 0 Å². The van der Waals surface area contributed by atoms with Crippen molar-refractivity contribution < 1.29 is 0 Å². The summed E-state index contributed by atoms with van der Waals surface area (Å²) >= 11 is 0. The number of nitrogens with one attached hydrogen (secondary N) is 2. The SMILES string of the molecule is CCCCCCC(C)Nc1ccc(N(c2ccccc2)c2ccc(NC(C)CCCCCC)cc2)cc1. The molecule has 0 spiro atoms. The third-order valence-corrected chi connectivity index (χ3v) is 7.07. The van der Waals surface area contributed by atoms with E-state index in [1.807, 2.05) is 0 Å². The molecular formula is C34H49N3. The van der Waals surface area contributed by atoms with Crippen molar-refractivity contribution in [2.45, 2.75) is 104 Å². The number of para-hydroxylation sites is 1. The molecule has 0 aromatic heterocycles. The maximum absolute atomic E-state index is 3.68. The monoisotopic (exact) mass is 499 g/mol. The number of unbranched alkanes of at least 4 members (excludes halogenated alkanes) is 6. The summed E-state index contributed by atoms with van der Waals surface area (Å²) in [4.78, 5) is 2.33. The molecule has 0 saturated carbocycles. The van der Waals surface area contributed by atoms with Gasteiger partial charge in [0, 0.05) is 40.5 Å². The Kier molecular flexibility index (Phi) is 12.4. The van der Waals surface area contributed by atoms with E-state index in [2.05, 4.69) is 122 Å². The minimum atomic E-state index is 0.488. The molecule has 2 atom stereocenters. The number of nitrogens with zero attached hydrogens (tertiary/aromatic N) is 1. The standard InChI is InChI=1S/C34H49N3/c1-5-7-9-12-16-28(3)35-30-20-24-33(25-21-30)37(32-18-14-11-15-19-32)34-26-22-31(23-27-34)36-29(4)17-13-10-8-6-2/h11,14-15,18-29,35-36H,5-10,12-13,16-17H2,1-4H3. The summed E-state index contributed by atoms with van der Waals surface area (Å²) < 4.78 is 0. The Morgan fingerprint density at radius 2 is 0.919 bits per heavy atom. The molecule has 0 saturated heterocycles. The maximum atomic E-state index is 3.68. The van der Waals surface area contributed by atoms with E-state index in [-0.39, 0.29) is 0 Å². The fourth-order valence-corrected chi connectivity index (χ4v) is 4.91. The fourth-order valence-electron chi connectivity index (χ4n) is 4.91. The van der Waals surface area contributed by atoms with Crippen LogP contribution in [0.5, 0.6) is 0 Å². The van der Waals surface area contributed by atoms with E-state index in [4.69, 9.17) is 0 Å². The van der Waals surface area contributed by atoms with E-state index in [1.165, 1.54) is 75.6 Å². The Bertz CT molecular complexity index is 918. The van der Waals surface area contributed by atoms with Crippen LogP contribution < -0.4 is 15.5 Å². The molecule has 3 aromatic carbocycles. The molecule has 0 bridgehead atoms. The zero-order valence-electron chi connectivity index (χ0n) is 23.7. The van der Waals surface area contributed by atoms with Crippen molar-refractivity contribution in [2.24, 2.45) is 0 Å². The lowest BCUT2D eigenvalue weighted by Crippen LogP contribution is -2.15. The van der Waals surface area contributed by atoms with E-state index in [1.54, 1.807) is 0 Å². The van der Waals surface area contributed by atoms with E-state index >= 15 is 0 Å². The summed E-state index contributed by atoms with van der Waals surface area (Å²) in [6, 6.07) is 29.4. The van der Waals surface area contributed by atoms with Crippen LogP contribution >= 0.6 is 0 Å². The first-order valence-corrected chi connectivity index (χ1v) is 14.7. The molecule has 0 aliphatic carbocycles. The molecule has 3 heteroatoms. The summed E-state index contributed by atoms with van der Waals surface area (Å²) in [7, 11) is 0. The van der Waals surface area contributed by atoms with Crippen molar-refractivity contribution in [1.82, 2.24) is 0 Å². The van der Waals surface area contributed by atoms with Crippen LogP contribution in [0.1, 0.15) is 91.9 Å². The van der Waals surface area contributed by atoms with Gasteiger partial charge in [0.25, 0.3) is 0 Å². The molecule has 0 aliphatic rings. The Morgan fingerprint density at radius 1 is 0.514 bits per heavy atom. The molecule has 3 nitrogen and oxygen atoms in total. The zero-order chi connectivity index (χ0) is 26.3. The largest absolute Gasteiger partial charge is 0.383 e. The first kappa shape index (κ1) is 28.6. The fraction of sp³-hybridized carbons (Fsp3) is 0.471. The van der Waals surface area contributed by atoms with E-state index in [9.17, 15) is 0 Å². The topological polar surface area (TPSA) is 27.3 Å². The lowest BCUT2D eigenvalue weighted by molar-refractivity contribution is 0.594. The lowest BCUT2D eigenvalue weighted by Gasteiger charge is -2.26. The molecule has 37 heavy (non-hydrogen) atoms. The van der Waals surface area contributed by atoms with Crippen LogP contribution in [-0.4, -0.2) is 12.1 Å². The van der Waals surface area contributed by atoms with Gasteiger partial charge in [-0.3, -0.25) is 0 Å². The zero-order valence-corrected chi connectivity index (χ0v) is 23.7. The van der Waals surface area contributed by atoms with Crippen molar-refractivity contribution in [3.63, 3.8) is 0 Å². The summed E-state index contributed by atoms with van der Waals surface area (Å²) in [6.45, 7) is 9.11. The molecule has 0 heterocycles. The third-order valence-electron chi connectivity index (χ3n) is 7.07. The predicted molar refractivity (Wildman–Crippen MR) is 165 cm³/mol. The average molecular weight is 500 g/mol. The van der Waals surface area contributed by atoms with E-state index in [0.717, 1.165) is 17.1 Å². The lowest BCUT2D eigenvalue weighted by atomic mass is 10.1. The second-order valence-corrected chi connectivity index (χ2v) is 10.6. The van der Waals surface area contributed by atoms with Crippen LogP contribution in [0, 0.1) is 0 Å². The molecule has 3 rings (SSSR count). The van der Waals surface area contributed by atoms with Crippen molar-refractivity contribution in [1.29, 1.82) is 0 Å². The molecular weight excluding hydrogens is 450 g/mol. The van der Waals surface area contributed by atoms with Gasteiger partial charge in [-0.05, 0) is 87.4 Å². The Balaban J connectivity index is 1.68. The van der Waals surface area contributed by atoms with Crippen molar-refractivity contribution >= 4 is 28.4 Å². The molecule has 2 N–H and O–H groups in total. The van der Waals surface area contributed by atoms with Gasteiger partial charge in [0.05, 0.1) is 0 Å². The average Bonchev–Trinajstić information content (AvgIpc) is 2.92. The first-order valence-electron chi connectivity index (χ1n) is 14.7. The van der Waals surface area contributed by atoms with Crippen molar-refractivity contribution in [2.75, 3.05) is 15.5 Å². The van der Waals surface area contributed by atoms with Gasteiger partial charge in [-0.25, -0.2) is 0 Å². The highest BCUT2D eigenvalue weighted by molar-refractivity contribution is 5.78. The molecule has 3 aromatic rings. The van der Waals surface area contributed by atoms with Crippen LogP contribution in [0.2, 0.25) is 0 Å². The summed E-state index contributed by atoms with van der Waals surface area (Å²) in [6.07, 6.45) is 13.0. The van der Waals surface area contributed by atoms with Crippen LogP contribution in [0.4, 0.5) is 28.4 Å². The highest BCUT2D eigenvalue weighted by Gasteiger charge is 2.13. The van der Waals surface area contributed by atoms with Gasteiger partial charge in [-0.1, -0.05) is 83.4 Å². The Labute approximate surface area is 226 Å². The van der Waals surface area contributed by atoms with E-state index < -0.39 is 0 Å². The van der Waals surface area contributed by atoms with Crippen LogP contribution in [0.3, 0.4) is 0 Å². The van der Waals surface area contributed by atoms with Crippen LogP contribution in [-0.2, 0) is 0 Å². The minimum Gasteiger partial charge on any atom is -0.383 e. The molecule has 200 valence electrons. The number of rotatable bonds is 17. The smallest absolute Gasteiger partial charge is 0.0463 e. The number of hydrogen-bond donors (Lipinski definition) is 2. The Hall–Kier alpha value is -2.94. The number of benzene rings is 3. The summed E-state index contributed by atoms with van der Waals surface area (Å²) in [5, 5.41) is 7.37. The van der Waals surface area contributed by atoms with Gasteiger partial charge in [-0.2, -0.15) is 0 Å². The second-order valence-electron chi connectivity index (χ2n) is 10.6. The molecule has 0 radical (unpaired) electrons. The van der Waals surface area contributed by atoms with Crippen LogP contribution in [0.25, 0.3) is 0 Å². The number of hydrogen-bond acceptors (Lipinski definition) is 3. The third kappa shape index (κ3) is 9.80. The molecule has 0 aliphatic heterocycles. The minimum absolute atomic E-state index is 0.488. The Morgan fingerprint density at radius 3 is 1.32 bits per heavy atom. The van der Waals surface area contributed by atoms with Gasteiger partial charge in [0.2, 0.25) is 0 Å². The summed E-state index contributed by atoms with van der Waals surface area (Å²) in [5.74, 6) is 0. The molecule has 0 amide bonds. The van der Waals surface area contributed by atoms with Gasteiger partial charge in [0.15, 0.2) is 0 Å². The quantitative estimate of drug-likeness (QED) is 0.181.